The van der Waals surface area contributed by atoms with E-state index < -0.39 is 11.8 Å². The lowest BCUT2D eigenvalue weighted by atomic mass is 10.1. The smallest absolute Gasteiger partial charge is 0.340 e. The molecule has 0 aliphatic heterocycles. The van der Waals surface area contributed by atoms with Gasteiger partial charge in [0.25, 0.3) is 0 Å². The summed E-state index contributed by atoms with van der Waals surface area (Å²) in [5, 5.41) is 4.39. The predicted molar refractivity (Wildman–Crippen MR) is 75.6 cm³/mol. The fourth-order valence-electron chi connectivity index (χ4n) is 2.07. The Kier molecular flexibility index (Phi) is 4.67. The van der Waals surface area contributed by atoms with Crippen LogP contribution in [0.3, 0.4) is 0 Å². The third-order valence-corrected chi connectivity index (χ3v) is 3.20. The van der Waals surface area contributed by atoms with E-state index in [-0.39, 0.29) is 5.56 Å². The van der Waals surface area contributed by atoms with E-state index in [4.69, 9.17) is 0 Å². The van der Waals surface area contributed by atoms with Gasteiger partial charge in [-0.2, -0.15) is 5.10 Å². The molecule has 0 atom stereocenters. The van der Waals surface area contributed by atoms with E-state index in [1.165, 1.54) is 19.2 Å². The monoisotopic (exact) mass is 291 g/mol. The van der Waals surface area contributed by atoms with Gasteiger partial charge in [0.1, 0.15) is 11.6 Å². The lowest BCUT2D eigenvalue weighted by Gasteiger charge is -2.07. The number of rotatable bonds is 5. The molecule has 0 N–H and O–H groups in total. The molecule has 0 bridgehead atoms. The van der Waals surface area contributed by atoms with Gasteiger partial charge in [-0.15, -0.1) is 0 Å². The summed E-state index contributed by atoms with van der Waals surface area (Å²) >= 11 is 0. The molecule has 1 heterocycles. The van der Waals surface area contributed by atoms with Crippen molar-refractivity contribution in [3.63, 3.8) is 0 Å². The Bertz CT molecular complexity index is 652. The van der Waals surface area contributed by atoms with Crippen molar-refractivity contribution in [2.75, 3.05) is 7.11 Å². The van der Waals surface area contributed by atoms with Gasteiger partial charge in [0.05, 0.1) is 19.2 Å². The Morgan fingerprint density at radius 3 is 2.67 bits per heavy atom. The first-order chi connectivity index (χ1) is 10.1. The van der Waals surface area contributed by atoms with Gasteiger partial charge in [0.15, 0.2) is 5.82 Å². The number of nitrogens with zero attached hydrogens (tertiary/aromatic N) is 3. The van der Waals surface area contributed by atoms with Gasteiger partial charge >= 0.3 is 5.97 Å². The van der Waals surface area contributed by atoms with Crippen LogP contribution >= 0.6 is 0 Å². The zero-order valence-electron chi connectivity index (χ0n) is 12.4. The van der Waals surface area contributed by atoms with Crippen LogP contribution in [0.5, 0.6) is 0 Å². The fourth-order valence-corrected chi connectivity index (χ4v) is 2.07. The molecule has 0 spiro atoms. The molecule has 112 valence electrons. The second-order valence-corrected chi connectivity index (χ2v) is 4.61. The third-order valence-electron chi connectivity index (χ3n) is 3.20. The van der Waals surface area contributed by atoms with Crippen LogP contribution in [-0.4, -0.2) is 27.8 Å². The van der Waals surface area contributed by atoms with Gasteiger partial charge in [-0.25, -0.2) is 18.9 Å². The average molecular weight is 291 g/mol. The highest BCUT2D eigenvalue weighted by molar-refractivity contribution is 5.89. The van der Waals surface area contributed by atoms with Crippen molar-refractivity contribution in [2.24, 2.45) is 0 Å². The molecule has 1 aromatic heterocycles. The number of benzene rings is 1. The normalized spacial score (nSPS) is 10.7. The first-order valence-corrected chi connectivity index (χ1v) is 6.88. The highest BCUT2D eigenvalue weighted by atomic mass is 19.1. The molecule has 0 radical (unpaired) electrons. The number of carbonyl (C=O) groups excluding carboxylic acids is 1. The summed E-state index contributed by atoms with van der Waals surface area (Å²) in [6.07, 6.45) is 1.52. The quantitative estimate of drug-likeness (QED) is 0.794. The second-order valence-electron chi connectivity index (χ2n) is 4.61. The van der Waals surface area contributed by atoms with Crippen molar-refractivity contribution in [1.82, 2.24) is 14.8 Å². The lowest BCUT2D eigenvalue weighted by molar-refractivity contribution is 0.0595. The number of hydrogen-bond acceptors (Lipinski definition) is 4. The van der Waals surface area contributed by atoms with Crippen LogP contribution in [-0.2, 0) is 24.1 Å². The number of ether oxygens (including phenoxy) is 1. The molecule has 0 aliphatic carbocycles. The van der Waals surface area contributed by atoms with Crippen LogP contribution < -0.4 is 0 Å². The van der Waals surface area contributed by atoms with E-state index >= 15 is 0 Å². The molecule has 21 heavy (non-hydrogen) atoms. The molecule has 5 nitrogen and oxygen atoms in total. The third kappa shape index (κ3) is 3.26. The van der Waals surface area contributed by atoms with Crippen molar-refractivity contribution in [1.29, 1.82) is 0 Å². The molecular weight excluding hydrogens is 273 g/mol. The van der Waals surface area contributed by atoms with Gasteiger partial charge < -0.3 is 4.74 Å². The Morgan fingerprint density at radius 1 is 1.33 bits per heavy atom. The number of esters is 1. The van der Waals surface area contributed by atoms with E-state index in [2.05, 4.69) is 14.8 Å². The van der Waals surface area contributed by atoms with Crippen LogP contribution in [0.1, 0.15) is 41.4 Å². The minimum Gasteiger partial charge on any atom is -0.465 e. The number of methoxy groups -OCH3 is 1. The average Bonchev–Trinajstić information content (AvgIpc) is 2.88. The molecule has 1 aromatic carbocycles. The van der Waals surface area contributed by atoms with Crippen molar-refractivity contribution >= 4 is 5.97 Å². The van der Waals surface area contributed by atoms with Gasteiger partial charge in [0, 0.05) is 12.8 Å². The predicted octanol–water partition coefficient (Wildman–Crippen LogP) is 2.38. The number of halogens is 1. The minimum absolute atomic E-state index is 0.0650. The Hall–Kier alpha value is -2.24. The fraction of sp³-hybridized carbons (Fsp3) is 0.400. The standard InChI is InChI=1S/C15H18FN3O2/c1-4-13-17-14(5-2)19(18-13)9-10-6-7-11(12(16)8-10)15(20)21-3/h6-8H,4-5,9H2,1-3H3. The first-order valence-electron chi connectivity index (χ1n) is 6.88. The molecule has 0 saturated carbocycles. The number of aromatic nitrogens is 3. The molecule has 0 saturated heterocycles. The Labute approximate surface area is 122 Å². The highest BCUT2D eigenvalue weighted by Gasteiger charge is 2.13. The van der Waals surface area contributed by atoms with Crippen molar-refractivity contribution < 1.29 is 13.9 Å². The van der Waals surface area contributed by atoms with Crippen LogP contribution in [0, 0.1) is 5.82 Å². The van der Waals surface area contributed by atoms with E-state index in [0.29, 0.717) is 6.54 Å². The molecule has 2 rings (SSSR count). The van der Waals surface area contributed by atoms with Crippen molar-refractivity contribution in [3.8, 4) is 0 Å². The van der Waals surface area contributed by atoms with Crippen LogP contribution in [0.4, 0.5) is 4.39 Å². The second kappa shape index (κ2) is 6.47. The molecule has 2 aromatic rings. The maximum Gasteiger partial charge on any atom is 0.340 e. The van der Waals surface area contributed by atoms with E-state index in [1.54, 1.807) is 10.7 Å². The van der Waals surface area contributed by atoms with E-state index in [0.717, 1.165) is 30.1 Å². The summed E-state index contributed by atoms with van der Waals surface area (Å²) < 4.78 is 20.2. The highest BCUT2D eigenvalue weighted by Crippen LogP contribution is 2.13. The summed E-state index contributed by atoms with van der Waals surface area (Å²) in [4.78, 5) is 15.8. The molecule has 0 unspecified atom stereocenters. The van der Waals surface area contributed by atoms with Crippen molar-refractivity contribution in [2.45, 2.75) is 33.2 Å². The summed E-state index contributed by atoms with van der Waals surface area (Å²) in [7, 11) is 1.23. The largest absolute Gasteiger partial charge is 0.465 e. The zero-order valence-corrected chi connectivity index (χ0v) is 12.4. The van der Waals surface area contributed by atoms with E-state index in [1.807, 2.05) is 13.8 Å². The molecule has 0 fully saturated rings. The number of carbonyl (C=O) groups is 1. The first kappa shape index (κ1) is 15.2. The van der Waals surface area contributed by atoms with Gasteiger partial charge in [-0.1, -0.05) is 19.9 Å². The Morgan fingerprint density at radius 2 is 2.10 bits per heavy atom. The maximum absolute atomic E-state index is 13.9. The number of aryl methyl sites for hydroxylation is 2. The van der Waals surface area contributed by atoms with Crippen molar-refractivity contribution in [3.05, 3.63) is 46.8 Å². The summed E-state index contributed by atoms with van der Waals surface area (Å²) in [5.74, 6) is 0.373. The van der Waals surface area contributed by atoms with Crippen LogP contribution in [0.25, 0.3) is 0 Å². The topological polar surface area (TPSA) is 57.0 Å². The summed E-state index contributed by atoms with van der Waals surface area (Å²) in [6.45, 7) is 4.42. The van der Waals surface area contributed by atoms with Crippen LogP contribution in [0.15, 0.2) is 18.2 Å². The SMILES string of the molecule is CCc1nc(CC)n(Cc2ccc(C(=O)OC)c(F)c2)n1. The number of hydrogen-bond donors (Lipinski definition) is 0. The molecule has 6 heteroatoms. The van der Waals surface area contributed by atoms with E-state index in [9.17, 15) is 9.18 Å². The summed E-state index contributed by atoms with van der Waals surface area (Å²) in [6, 6.07) is 4.46. The van der Waals surface area contributed by atoms with Gasteiger partial charge in [-0.3, -0.25) is 0 Å². The van der Waals surface area contributed by atoms with Crippen LogP contribution in [0.2, 0.25) is 0 Å². The van der Waals surface area contributed by atoms with Gasteiger partial charge in [0.2, 0.25) is 0 Å². The Balaban J connectivity index is 2.26. The molecule has 0 amide bonds. The lowest BCUT2D eigenvalue weighted by Crippen LogP contribution is -2.09. The maximum atomic E-state index is 13.9. The molecular formula is C15H18FN3O2. The molecule has 0 aliphatic rings. The summed E-state index contributed by atoms with van der Waals surface area (Å²) in [5.41, 5.74) is 0.659. The minimum atomic E-state index is -0.678. The van der Waals surface area contributed by atoms with Gasteiger partial charge in [-0.05, 0) is 17.7 Å². The zero-order chi connectivity index (χ0) is 15.4.